The first kappa shape index (κ1) is 14.3. The average molecular weight is 288 g/mol. The fourth-order valence-corrected chi connectivity index (χ4v) is 5.76. The van der Waals surface area contributed by atoms with Crippen LogP contribution >= 0.6 is 0 Å². The monoisotopic (exact) mass is 288 g/mol. The third-order valence-corrected chi connectivity index (χ3v) is 6.36. The van der Waals surface area contributed by atoms with Gasteiger partial charge in [-0.1, -0.05) is 31.9 Å². The minimum absolute atomic E-state index is 0.792. The van der Waals surface area contributed by atoms with Gasteiger partial charge in [0.15, 0.2) is 0 Å². The summed E-state index contributed by atoms with van der Waals surface area (Å²) in [6, 6.07) is 1.68. The molecule has 3 aliphatic heterocycles. The second-order valence-electron chi connectivity index (χ2n) is 8.40. The SMILES string of the molecule is CC(C)CN1CCCC2=C[C@H]3C[C@H](CN4CCCC[C@H]34)[C@@H]21. The Morgan fingerprint density at radius 3 is 2.95 bits per heavy atom. The van der Waals surface area contributed by atoms with Crippen molar-refractivity contribution in [3.05, 3.63) is 11.6 Å². The second kappa shape index (κ2) is 5.70. The number of likely N-dealkylation sites (tertiary alicyclic amines) is 1. The molecule has 0 aromatic rings. The number of piperidine rings is 3. The molecule has 1 aliphatic carbocycles. The molecule has 0 unspecified atom stereocenters. The van der Waals surface area contributed by atoms with Crippen LogP contribution in [0.3, 0.4) is 0 Å². The largest absolute Gasteiger partial charge is 0.299 e. The first-order valence-corrected chi connectivity index (χ1v) is 9.41. The van der Waals surface area contributed by atoms with E-state index in [0.29, 0.717) is 0 Å². The highest BCUT2D eigenvalue weighted by Crippen LogP contribution is 2.45. The minimum Gasteiger partial charge on any atom is -0.299 e. The van der Waals surface area contributed by atoms with Gasteiger partial charge in [0.05, 0.1) is 0 Å². The zero-order valence-corrected chi connectivity index (χ0v) is 13.9. The zero-order chi connectivity index (χ0) is 14.4. The van der Waals surface area contributed by atoms with Gasteiger partial charge in [0.1, 0.15) is 0 Å². The fourth-order valence-electron chi connectivity index (χ4n) is 5.76. The Balaban J connectivity index is 1.60. The van der Waals surface area contributed by atoms with Gasteiger partial charge in [0.2, 0.25) is 0 Å². The van der Waals surface area contributed by atoms with Crippen molar-refractivity contribution in [2.45, 2.75) is 64.5 Å². The van der Waals surface area contributed by atoms with Crippen LogP contribution in [0.25, 0.3) is 0 Å². The van der Waals surface area contributed by atoms with Gasteiger partial charge in [0.25, 0.3) is 0 Å². The van der Waals surface area contributed by atoms with Crippen LogP contribution in [0.4, 0.5) is 0 Å². The molecule has 4 atom stereocenters. The highest BCUT2D eigenvalue weighted by molar-refractivity contribution is 5.24. The van der Waals surface area contributed by atoms with Gasteiger partial charge in [-0.3, -0.25) is 9.80 Å². The predicted octanol–water partition coefficient (Wildman–Crippen LogP) is 3.54. The van der Waals surface area contributed by atoms with Crippen LogP contribution < -0.4 is 0 Å². The summed E-state index contributed by atoms with van der Waals surface area (Å²) in [4.78, 5) is 5.70. The van der Waals surface area contributed by atoms with Crippen molar-refractivity contribution >= 4 is 0 Å². The van der Waals surface area contributed by atoms with E-state index in [0.717, 1.165) is 29.8 Å². The Hall–Kier alpha value is -0.340. The lowest BCUT2D eigenvalue weighted by atomic mass is 9.68. The third-order valence-electron chi connectivity index (χ3n) is 6.36. The van der Waals surface area contributed by atoms with E-state index in [2.05, 4.69) is 29.7 Å². The van der Waals surface area contributed by atoms with Gasteiger partial charge in [0, 0.05) is 25.2 Å². The molecule has 3 fully saturated rings. The van der Waals surface area contributed by atoms with Crippen molar-refractivity contribution in [3.8, 4) is 0 Å². The lowest BCUT2D eigenvalue weighted by Gasteiger charge is -2.55. The van der Waals surface area contributed by atoms with Crippen LogP contribution in [-0.2, 0) is 0 Å². The summed E-state index contributed by atoms with van der Waals surface area (Å²) >= 11 is 0. The van der Waals surface area contributed by atoms with Gasteiger partial charge in [-0.25, -0.2) is 0 Å². The molecule has 118 valence electrons. The number of hydrogen-bond acceptors (Lipinski definition) is 2. The van der Waals surface area contributed by atoms with Crippen LogP contribution in [0.1, 0.15) is 52.4 Å². The topological polar surface area (TPSA) is 6.48 Å². The molecule has 0 amide bonds. The van der Waals surface area contributed by atoms with Gasteiger partial charge >= 0.3 is 0 Å². The molecule has 4 rings (SSSR count). The van der Waals surface area contributed by atoms with E-state index in [4.69, 9.17) is 0 Å². The maximum atomic E-state index is 2.86. The summed E-state index contributed by atoms with van der Waals surface area (Å²) in [6.45, 7) is 10.2. The lowest BCUT2D eigenvalue weighted by molar-refractivity contribution is -0.00305. The second-order valence-corrected chi connectivity index (χ2v) is 8.40. The Kier molecular flexibility index (Phi) is 3.87. The lowest BCUT2D eigenvalue weighted by Crippen LogP contribution is -2.59. The summed E-state index contributed by atoms with van der Waals surface area (Å²) < 4.78 is 0. The number of fused-ring (bicyclic) bond motifs is 6. The molecular weight excluding hydrogens is 256 g/mol. The maximum Gasteiger partial charge on any atom is 0.0348 e. The molecule has 0 saturated carbocycles. The highest BCUT2D eigenvalue weighted by atomic mass is 15.2. The summed E-state index contributed by atoms with van der Waals surface area (Å²) in [6.07, 6.45) is 11.4. The molecule has 3 saturated heterocycles. The van der Waals surface area contributed by atoms with Crippen molar-refractivity contribution < 1.29 is 0 Å². The molecule has 4 aliphatic rings. The summed E-state index contributed by atoms with van der Waals surface area (Å²) in [5.41, 5.74) is 1.83. The van der Waals surface area contributed by atoms with E-state index in [1.54, 1.807) is 0 Å². The van der Waals surface area contributed by atoms with Crippen LogP contribution in [0, 0.1) is 17.8 Å². The van der Waals surface area contributed by atoms with Crippen LogP contribution in [-0.4, -0.2) is 48.1 Å². The molecule has 0 aromatic carbocycles. The zero-order valence-electron chi connectivity index (χ0n) is 13.9. The van der Waals surface area contributed by atoms with Crippen molar-refractivity contribution in [1.29, 1.82) is 0 Å². The van der Waals surface area contributed by atoms with Crippen molar-refractivity contribution in [2.75, 3.05) is 26.2 Å². The maximum absolute atomic E-state index is 2.86. The highest BCUT2D eigenvalue weighted by Gasteiger charge is 2.45. The van der Waals surface area contributed by atoms with Crippen molar-refractivity contribution in [3.63, 3.8) is 0 Å². The smallest absolute Gasteiger partial charge is 0.0348 e. The standard InChI is InChI=1S/C19H32N2/c1-14(2)12-21-9-5-6-15-10-16-11-17(19(15)21)13-20-8-4-3-7-18(16)20/h10,14,16-19H,3-9,11-13H2,1-2H3/t16-,17+,18+,19+/m0/s1. The van der Waals surface area contributed by atoms with Gasteiger partial charge in [-0.15, -0.1) is 0 Å². The van der Waals surface area contributed by atoms with Gasteiger partial charge in [-0.05, 0) is 62.9 Å². The molecule has 21 heavy (non-hydrogen) atoms. The summed E-state index contributed by atoms with van der Waals surface area (Å²) in [5.74, 6) is 2.60. The molecule has 2 heteroatoms. The number of hydrogen-bond donors (Lipinski definition) is 0. The quantitative estimate of drug-likeness (QED) is 0.717. The molecule has 0 N–H and O–H groups in total. The van der Waals surface area contributed by atoms with Crippen molar-refractivity contribution in [1.82, 2.24) is 9.80 Å². The van der Waals surface area contributed by atoms with E-state index in [1.807, 2.05) is 5.57 Å². The average Bonchev–Trinajstić information content (AvgIpc) is 2.47. The van der Waals surface area contributed by atoms with Gasteiger partial charge < -0.3 is 0 Å². The Labute approximate surface area is 130 Å². The van der Waals surface area contributed by atoms with E-state index in [1.165, 1.54) is 64.7 Å². The fraction of sp³-hybridized carbons (Fsp3) is 0.895. The number of nitrogens with zero attached hydrogens (tertiary/aromatic N) is 2. The predicted molar refractivity (Wildman–Crippen MR) is 88.3 cm³/mol. The van der Waals surface area contributed by atoms with E-state index >= 15 is 0 Å². The molecule has 0 spiro atoms. The van der Waals surface area contributed by atoms with Crippen LogP contribution in [0.5, 0.6) is 0 Å². The van der Waals surface area contributed by atoms with E-state index in [9.17, 15) is 0 Å². The Bertz CT molecular complexity index is 414. The Morgan fingerprint density at radius 2 is 2.10 bits per heavy atom. The van der Waals surface area contributed by atoms with Gasteiger partial charge in [-0.2, -0.15) is 0 Å². The van der Waals surface area contributed by atoms with Crippen LogP contribution in [0.2, 0.25) is 0 Å². The molecule has 2 nitrogen and oxygen atoms in total. The molecule has 0 radical (unpaired) electrons. The number of rotatable bonds is 2. The summed E-state index contributed by atoms with van der Waals surface area (Å²) in [5, 5.41) is 0. The van der Waals surface area contributed by atoms with Crippen LogP contribution in [0.15, 0.2) is 11.6 Å². The molecule has 3 heterocycles. The van der Waals surface area contributed by atoms with E-state index in [-0.39, 0.29) is 0 Å². The summed E-state index contributed by atoms with van der Waals surface area (Å²) in [7, 11) is 0. The first-order chi connectivity index (χ1) is 10.2. The Morgan fingerprint density at radius 1 is 1.19 bits per heavy atom. The minimum atomic E-state index is 0.792. The van der Waals surface area contributed by atoms with E-state index < -0.39 is 0 Å². The third kappa shape index (κ3) is 2.59. The first-order valence-electron chi connectivity index (χ1n) is 9.41. The van der Waals surface area contributed by atoms with Crippen molar-refractivity contribution in [2.24, 2.45) is 17.8 Å². The molecule has 2 bridgehead atoms. The molecule has 0 aromatic heterocycles. The molecular formula is C19H32N2. The normalized spacial score (nSPS) is 40.6.